The van der Waals surface area contributed by atoms with Gasteiger partial charge in [-0.25, -0.2) is 4.39 Å². The van der Waals surface area contributed by atoms with E-state index in [1.165, 1.54) is 6.07 Å². The SMILES string of the molecule is CCN1CCN(c2cc3c(cc2F)c(=O)c(C(=O)N(CC)CC)cn3C2CC2)CC1. The number of amides is 1. The number of carbonyl (C=O) groups excluding carboxylic acids is 1. The zero-order valence-electron chi connectivity index (χ0n) is 18.2. The molecule has 1 aliphatic heterocycles. The fraction of sp³-hybridized carbons (Fsp3) is 0.565. The molecule has 0 bridgehead atoms. The fourth-order valence-corrected chi connectivity index (χ4v) is 4.39. The third-order valence-corrected chi connectivity index (χ3v) is 6.48. The largest absolute Gasteiger partial charge is 0.367 e. The molecule has 2 aliphatic rings. The second-order valence-electron chi connectivity index (χ2n) is 8.23. The first-order chi connectivity index (χ1) is 14.5. The third kappa shape index (κ3) is 3.71. The first-order valence-corrected chi connectivity index (χ1v) is 11.1. The maximum atomic E-state index is 15.1. The molecule has 2 aromatic rings. The van der Waals surface area contributed by atoms with E-state index in [0.29, 0.717) is 24.2 Å². The van der Waals surface area contributed by atoms with E-state index < -0.39 is 0 Å². The van der Waals surface area contributed by atoms with E-state index >= 15 is 4.39 Å². The first kappa shape index (κ1) is 20.8. The van der Waals surface area contributed by atoms with E-state index in [9.17, 15) is 9.59 Å². The van der Waals surface area contributed by atoms with Crippen molar-refractivity contribution in [3.63, 3.8) is 0 Å². The van der Waals surface area contributed by atoms with Crippen LogP contribution in [0.1, 0.15) is 50.0 Å². The maximum Gasteiger partial charge on any atom is 0.259 e. The van der Waals surface area contributed by atoms with Gasteiger partial charge in [-0.1, -0.05) is 6.92 Å². The van der Waals surface area contributed by atoms with Crippen LogP contribution in [0, 0.1) is 5.82 Å². The van der Waals surface area contributed by atoms with Gasteiger partial charge >= 0.3 is 0 Å². The molecule has 2 fully saturated rings. The minimum atomic E-state index is -0.390. The zero-order valence-corrected chi connectivity index (χ0v) is 18.2. The molecule has 2 heterocycles. The number of fused-ring (bicyclic) bond motifs is 1. The van der Waals surface area contributed by atoms with Crippen LogP contribution >= 0.6 is 0 Å². The molecule has 1 amide bonds. The highest BCUT2D eigenvalue weighted by atomic mass is 19.1. The molecule has 1 aromatic carbocycles. The average molecular weight is 415 g/mol. The Morgan fingerprint density at radius 1 is 1.10 bits per heavy atom. The van der Waals surface area contributed by atoms with Crippen molar-refractivity contribution in [1.29, 1.82) is 0 Å². The summed E-state index contributed by atoms with van der Waals surface area (Å²) < 4.78 is 17.2. The standard InChI is InChI=1S/C23H31FN4O2/c1-4-25-9-11-27(12-10-25)21-14-20-17(13-19(21)24)22(29)18(15-28(20)16-7-8-16)23(30)26(5-2)6-3/h13-16H,4-12H2,1-3H3. The van der Waals surface area contributed by atoms with Crippen LogP contribution in [0.3, 0.4) is 0 Å². The molecule has 0 unspecified atom stereocenters. The van der Waals surface area contributed by atoms with Crippen LogP contribution in [0.2, 0.25) is 0 Å². The Kier molecular flexibility index (Phi) is 5.82. The van der Waals surface area contributed by atoms with Crippen molar-refractivity contribution in [2.24, 2.45) is 0 Å². The lowest BCUT2D eigenvalue weighted by Crippen LogP contribution is -2.46. The maximum absolute atomic E-state index is 15.1. The van der Waals surface area contributed by atoms with Crippen LogP contribution in [0.4, 0.5) is 10.1 Å². The second kappa shape index (κ2) is 8.38. The zero-order chi connectivity index (χ0) is 21.4. The van der Waals surface area contributed by atoms with Gasteiger partial charge in [-0.2, -0.15) is 0 Å². The molecule has 4 rings (SSSR count). The molecule has 6 nitrogen and oxygen atoms in total. The second-order valence-corrected chi connectivity index (χ2v) is 8.23. The smallest absolute Gasteiger partial charge is 0.259 e. The van der Waals surface area contributed by atoms with Gasteiger partial charge in [-0.3, -0.25) is 9.59 Å². The van der Waals surface area contributed by atoms with E-state index in [0.717, 1.165) is 51.1 Å². The number of carbonyl (C=O) groups is 1. The summed E-state index contributed by atoms with van der Waals surface area (Å²) in [5.74, 6) is -0.666. The Morgan fingerprint density at radius 2 is 1.77 bits per heavy atom. The van der Waals surface area contributed by atoms with E-state index in [1.54, 1.807) is 11.1 Å². The van der Waals surface area contributed by atoms with Gasteiger partial charge in [0.15, 0.2) is 0 Å². The van der Waals surface area contributed by atoms with Gasteiger partial charge < -0.3 is 19.3 Å². The van der Waals surface area contributed by atoms with Crippen LogP contribution in [0.5, 0.6) is 0 Å². The number of hydrogen-bond acceptors (Lipinski definition) is 4. The molecule has 162 valence electrons. The van der Waals surface area contributed by atoms with Gasteiger partial charge in [-0.15, -0.1) is 0 Å². The Bertz CT molecular complexity index is 1000. The van der Waals surface area contributed by atoms with Gasteiger partial charge in [0.2, 0.25) is 5.43 Å². The van der Waals surface area contributed by atoms with E-state index in [1.807, 2.05) is 24.5 Å². The predicted molar refractivity (Wildman–Crippen MR) is 118 cm³/mol. The molecule has 0 radical (unpaired) electrons. The normalized spacial score (nSPS) is 17.5. The van der Waals surface area contributed by atoms with Crippen LogP contribution in [-0.2, 0) is 0 Å². The lowest BCUT2D eigenvalue weighted by molar-refractivity contribution is 0.0771. The van der Waals surface area contributed by atoms with Crippen molar-refractivity contribution in [3.8, 4) is 0 Å². The highest BCUT2D eigenvalue weighted by Crippen LogP contribution is 2.38. The molecule has 0 atom stereocenters. The summed E-state index contributed by atoms with van der Waals surface area (Å²) >= 11 is 0. The fourth-order valence-electron chi connectivity index (χ4n) is 4.39. The molecule has 1 saturated carbocycles. The van der Waals surface area contributed by atoms with E-state index in [-0.39, 0.29) is 28.8 Å². The number of benzene rings is 1. The lowest BCUT2D eigenvalue weighted by atomic mass is 10.1. The lowest BCUT2D eigenvalue weighted by Gasteiger charge is -2.35. The Morgan fingerprint density at radius 3 is 2.33 bits per heavy atom. The molecule has 1 aliphatic carbocycles. The highest BCUT2D eigenvalue weighted by Gasteiger charge is 2.29. The summed E-state index contributed by atoms with van der Waals surface area (Å²) in [7, 11) is 0. The van der Waals surface area contributed by atoms with Crippen LogP contribution in [0.15, 0.2) is 23.1 Å². The van der Waals surface area contributed by atoms with E-state index in [4.69, 9.17) is 0 Å². The quantitative estimate of drug-likeness (QED) is 0.729. The summed E-state index contributed by atoms with van der Waals surface area (Å²) in [4.78, 5) is 32.2. The molecule has 1 aromatic heterocycles. The summed E-state index contributed by atoms with van der Waals surface area (Å²) in [5, 5.41) is 0.299. The topological polar surface area (TPSA) is 48.8 Å². The number of rotatable bonds is 6. The third-order valence-electron chi connectivity index (χ3n) is 6.48. The van der Waals surface area contributed by atoms with Gasteiger partial charge in [0, 0.05) is 56.9 Å². The number of likely N-dealkylation sites (N-methyl/N-ethyl adjacent to an activating group) is 1. The minimum Gasteiger partial charge on any atom is -0.367 e. The number of nitrogens with zero attached hydrogens (tertiary/aromatic N) is 4. The van der Waals surface area contributed by atoms with Gasteiger partial charge in [-0.05, 0) is 45.4 Å². The van der Waals surface area contributed by atoms with Crippen molar-refractivity contribution < 1.29 is 9.18 Å². The van der Waals surface area contributed by atoms with E-state index in [2.05, 4.69) is 16.7 Å². The number of hydrogen-bond donors (Lipinski definition) is 0. The highest BCUT2D eigenvalue weighted by molar-refractivity contribution is 5.98. The Hall–Kier alpha value is -2.41. The average Bonchev–Trinajstić information content (AvgIpc) is 3.60. The summed E-state index contributed by atoms with van der Waals surface area (Å²) in [6.07, 6.45) is 3.73. The summed E-state index contributed by atoms with van der Waals surface area (Å²) in [5.41, 5.74) is 1.05. The Balaban J connectivity index is 1.81. The number of piperazine rings is 1. The molecule has 1 saturated heterocycles. The molecule has 0 spiro atoms. The molecule has 7 heteroatoms. The number of pyridine rings is 1. The van der Waals surface area contributed by atoms with Crippen molar-refractivity contribution in [1.82, 2.24) is 14.4 Å². The minimum absolute atomic E-state index is 0.141. The predicted octanol–water partition coefficient (Wildman–Crippen LogP) is 3.10. The van der Waals surface area contributed by atoms with Crippen LogP contribution < -0.4 is 10.3 Å². The molecule has 0 N–H and O–H groups in total. The number of anilines is 1. The van der Waals surface area contributed by atoms with Gasteiger partial charge in [0.05, 0.1) is 11.2 Å². The number of aromatic nitrogens is 1. The summed E-state index contributed by atoms with van der Waals surface area (Å²) in [6.45, 7) is 11.3. The van der Waals surface area contributed by atoms with Crippen molar-refractivity contribution in [2.75, 3.05) is 50.7 Å². The monoisotopic (exact) mass is 414 g/mol. The van der Waals surface area contributed by atoms with Crippen LogP contribution in [0.25, 0.3) is 10.9 Å². The van der Waals surface area contributed by atoms with Crippen molar-refractivity contribution in [2.45, 2.75) is 39.7 Å². The van der Waals surface area contributed by atoms with Crippen LogP contribution in [-0.4, -0.2) is 66.1 Å². The van der Waals surface area contributed by atoms with Gasteiger partial charge in [0.25, 0.3) is 5.91 Å². The Labute approximate surface area is 176 Å². The summed E-state index contributed by atoms with van der Waals surface area (Å²) in [6, 6.07) is 3.43. The molecular weight excluding hydrogens is 383 g/mol. The van der Waals surface area contributed by atoms with Crippen molar-refractivity contribution >= 4 is 22.5 Å². The molecular formula is C23H31FN4O2. The number of halogens is 1. The van der Waals surface area contributed by atoms with Crippen molar-refractivity contribution in [3.05, 3.63) is 39.9 Å². The first-order valence-electron chi connectivity index (χ1n) is 11.1. The van der Waals surface area contributed by atoms with Gasteiger partial charge in [0.1, 0.15) is 11.4 Å². The molecule has 30 heavy (non-hydrogen) atoms.